The average molecular weight is 376 g/mol. The first kappa shape index (κ1) is 19.2. The molecule has 1 saturated carbocycles. The van der Waals surface area contributed by atoms with Gasteiger partial charge in [0.2, 0.25) is 0 Å². The topological polar surface area (TPSA) is 67.9 Å². The minimum Gasteiger partial charge on any atom is -0.489 e. The fourth-order valence-electron chi connectivity index (χ4n) is 2.89. The van der Waals surface area contributed by atoms with Crippen molar-refractivity contribution in [3.8, 4) is 5.75 Å². The van der Waals surface area contributed by atoms with Crippen molar-refractivity contribution in [1.82, 2.24) is 10.2 Å². The summed E-state index contributed by atoms with van der Waals surface area (Å²) >= 11 is 0. The second-order valence-electron chi connectivity index (χ2n) is 7.89. The first-order chi connectivity index (χ1) is 12.8. The van der Waals surface area contributed by atoms with Crippen molar-refractivity contribution in [2.45, 2.75) is 51.8 Å². The van der Waals surface area contributed by atoms with E-state index in [1.807, 2.05) is 11.0 Å². The van der Waals surface area contributed by atoms with E-state index in [0.29, 0.717) is 30.2 Å². The Morgan fingerprint density at radius 3 is 2.74 bits per heavy atom. The molecule has 0 bridgehead atoms. The molecule has 1 aromatic carbocycles. The summed E-state index contributed by atoms with van der Waals surface area (Å²) < 4.78 is 23.8. The van der Waals surface area contributed by atoms with Gasteiger partial charge in [0.15, 0.2) is 0 Å². The van der Waals surface area contributed by atoms with E-state index in [-0.39, 0.29) is 24.6 Å². The van der Waals surface area contributed by atoms with Gasteiger partial charge >= 0.3 is 6.09 Å². The van der Waals surface area contributed by atoms with Crippen molar-refractivity contribution in [2.75, 3.05) is 13.2 Å². The van der Waals surface area contributed by atoms with E-state index in [2.05, 4.69) is 5.32 Å². The highest BCUT2D eigenvalue weighted by Crippen LogP contribution is 2.35. The number of hydrogen-bond donors (Lipinski definition) is 1. The summed E-state index contributed by atoms with van der Waals surface area (Å²) in [6, 6.07) is 5.67. The summed E-state index contributed by atoms with van der Waals surface area (Å²) in [5.41, 5.74) is 1.30. The lowest BCUT2D eigenvalue weighted by molar-refractivity contribution is 0.0531. The Bertz CT molecular complexity index is 766. The van der Waals surface area contributed by atoms with Crippen molar-refractivity contribution in [3.05, 3.63) is 41.2 Å². The highest BCUT2D eigenvalue weighted by Gasteiger charge is 2.38. The van der Waals surface area contributed by atoms with Gasteiger partial charge in [-0.05, 0) is 57.4 Å². The van der Waals surface area contributed by atoms with Gasteiger partial charge in [0.25, 0.3) is 5.91 Å². The summed E-state index contributed by atoms with van der Waals surface area (Å²) in [6.45, 7) is 5.84. The lowest BCUT2D eigenvalue weighted by atomic mass is 10.1. The highest BCUT2D eigenvalue weighted by molar-refractivity contribution is 5.98. The molecule has 1 aromatic rings. The summed E-state index contributed by atoms with van der Waals surface area (Å²) in [4.78, 5) is 25.9. The van der Waals surface area contributed by atoms with E-state index < -0.39 is 11.7 Å². The lowest BCUT2D eigenvalue weighted by Gasteiger charge is -2.20. The molecule has 146 valence electrons. The fraction of sp³-hybridized carbons (Fsp3) is 0.500. The Balaban J connectivity index is 1.51. The number of nitrogens with one attached hydrogen (secondary N) is 1. The number of alkyl carbamates (subject to hydrolysis) is 1. The molecule has 3 rings (SSSR count). The zero-order chi connectivity index (χ0) is 19.6. The van der Waals surface area contributed by atoms with Crippen LogP contribution in [0.25, 0.3) is 0 Å². The molecule has 7 heteroatoms. The van der Waals surface area contributed by atoms with Gasteiger partial charge in [0.05, 0.1) is 6.33 Å². The fourth-order valence-corrected chi connectivity index (χ4v) is 2.89. The van der Waals surface area contributed by atoms with Crippen LogP contribution in [0.5, 0.6) is 5.75 Å². The average Bonchev–Trinajstić information content (AvgIpc) is 3.38. The molecule has 1 aliphatic carbocycles. The quantitative estimate of drug-likeness (QED) is 0.824. The number of hydrogen-bond acceptors (Lipinski definition) is 4. The van der Waals surface area contributed by atoms with Crippen molar-refractivity contribution < 1.29 is 23.5 Å². The molecule has 2 amide bonds. The maximum Gasteiger partial charge on any atom is 0.407 e. The number of carbonyl (C=O) groups excluding carboxylic acids is 2. The SMILES string of the molecule is CC(C)(C)OC(=O)NCC(=CF)COc1ccc2c(c1)CN(C1CC1)C2=O. The zero-order valence-corrected chi connectivity index (χ0v) is 15.9. The highest BCUT2D eigenvalue weighted by atomic mass is 19.1. The molecule has 0 radical (unpaired) electrons. The molecule has 2 aliphatic rings. The van der Waals surface area contributed by atoms with E-state index in [1.165, 1.54) is 0 Å². The molecule has 0 unspecified atom stereocenters. The second-order valence-corrected chi connectivity index (χ2v) is 7.89. The van der Waals surface area contributed by atoms with E-state index >= 15 is 0 Å². The number of ether oxygens (including phenoxy) is 2. The van der Waals surface area contributed by atoms with Crippen molar-refractivity contribution >= 4 is 12.0 Å². The minimum absolute atomic E-state index is 0.00856. The predicted molar refractivity (Wildman–Crippen MR) is 98.3 cm³/mol. The number of benzene rings is 1. The van der Waals surface area contributed by atoms with Gasteiger partial charge < -0.3 is 19.7 Å². The first-order valence-corrected chi connectivity index (χ1v) is 9.08. The number of rotatable bonds is 6. The number of fused-ring (bicyclic) bond motifs is 1. The Morgan fingerprint density at radius 2 is 2.11 bits per heavy atom. The Hall–Kier alpha value is -2.57. The van der Waals surface area contributed by atoms with Crippen LogP contribution < -0.4 is 10.1 Å². The Kier molecular flexibility index (Phi) is 5.39. The van der Waals surface area contributed by atoms with Crippen LogP contribution >= 0.6 is 0 Å². The monoisotopic (exact) mass is 376 g/mol. The maximum absolute atomic E-state index is 13.1. The third-order valence-electron chi connectivity index (χ3n) is 4.33. The van der Waals surface area contributed by atoms with Gasteiger partial charge in [-0.1, -0.05) is 0 Å². The normalized spacial score (nSPS) is 17.0. The van der Waals surface area contributed by atoms with Gasteiger partial charge in [-0.25, -0.2) is 9.18 Å². The number of carbonyl (C=O) groups is 2. The molecule has 0 saturated heterocycles. The first-order valence-electron chi connectivity index (χ1n) is 9.08. The third kappa shape index (κ3) is 4.99. The standard InChI is InChI=1S/C20H25FN2O4/c1-20(2,3)27-19(25)22-10-13(9-21)12-26-16-6-7-17-14(8-16)11-23(18(17)24)15-4-5-15/h6-9,15H,4-5,10-12H2,1-3H3,(H,22,25). The van der Waals surface area contributed by atoms with Crippen molar-refractivity contribution in [1.29, 1.82) is 0 Å². The molecule has 1 fully saturated rings. The largest absolute Gasteiger partial charge is 0.489 e. The molecular weight excluding hydrogens is 351 g/mol. The summed E-state index contributed by atoms with van der Waals surface area (Å²) in [5, 5.41) is 2.50. The molecule has 1 aliphatic heterocycles. The summed E-state index contributed by atoms with van der Waals surface area (Å²) in [5.74, 6) is 0.640. The molecule has 0 atom stereocenters. The number of amides is 2. The van der Waals surface area contributed by atoms with E-state index in [9.17, 15) is 14.0 Å². The molecule has 0 aromatic heterocycles. The van der Waals surface area contributed by atoms with Crippen LogP contribution in [-0.2, 0) is 11.3 Å². The zero-order valence-electron chi connectivity index (χ0n) is 15.9. The van der Waals surface area contributed by atoms with Gasteiger partial charge in [-0.15, -0.1) is 0 Å². The van der Waals surface area contributed by atoms with Gasteiger partial charge in [-0.3, -0.25) is 4.79 Å². The van der Waals surface area contributed by atoms with Crippen LogP contribution in [0.15, 0.2) is 30.1 Å². The Labute approximate surface area is 158 Å². The van der Waals surface area contributed by atoms with E-state index in [4.69, 9.17) is 9.47 Å². The van der Waals surface area contributed by atoms with Crippen molar-refractivity contribution in [3.63, 3.8) is 0 Å². The molecule has 1 N–H and O–H groups in total. The van der Waals surface area contributed by atoms with Gasteiger partial charge in [0, 0.05) is 30.3 Å². The number of halogens is 1. The lowest BCUT2D eigenvalue weighted by Crippen LogP contribution is -2.34. The predicted octanol–water partition coefficient (Wildman–Crippen LogP) is 3.56. The van der Waals surface area contributed by atoms with Crippen LogP contribution in [0.3, 0.4) is 0 Å². The van der Waals surface area contributed by atoms with E-state index in [0.717, 1.165) is 18.4 Å². The van der Waals surface area contributed by atoms with E-state index in [1.54, 1.807) is 32.9 Å². The smallest absolute Gasteiger partial charge is 0.407 e. The number of nitrogens with zero attached hydrogens (tertiary/aromatic N) is 1. The second kappa shape index (κ2) is 7.58. The van der Waals surface area contributed by atoms with Crippen LogP contribution in [-0.4, -0.2) is 41.7 Å². The van der Waals surface area contributed by atoms with Crippen LogP contribution in [0.2, 0.25) is 0 Å². The molecule has 0 spiro atoms. The van der Waals surface area contributed by atoms with Crippen LogP contribution in [0.4, 0.5) is 9.18 Å². The third-order valence-corrected chi connectivity index (χ3v) is 4.33. The van der Waals surface area contributed by atoms with Crippen LogP contribution in [0.1, 0.15) is 49.5 Å². The maximum atomic E-state index is 13.1. The van der Waals surface area contributed by atoms with Crippen LogP contribution in [0, 0.1) is 0 Å². The summed E-state index contributed by atoms with van der Waals surface area (Å²) in [6.07, 6.45) is 1.94. The minimum atomic E-state index is -0.615. The van der Waals surface area contributed by atoms with Gasteiger partial charge in [-0.2, -0.15) is 0 Å². The molecule has 6 nitrogen and oxygen atoms in total. The molecule has 27 heavy (non-hydrogen) atoms. The van der Waals surface area contributed by atoms with Gasteiger partial charge in [0.1, 0.15) is 18.0 Å². The van der Waals surface area contributed by atoms with Crippen molar-refractivity contribution in [2.24, 2.45) is 0 Å². The Morgan fingerprint density at radius 1 is 1.37 bits per heavy atom. The molecule has 1 heterocycles. The summed E-state index contributed by atoms with van der Waals surface area (Å²) in [7, 11) is 0. The molecular formula is C20H25FN2O4.